The van der Waals surface area contributed by atoms with Crippen LogP contribution in [-0.2, 0) is 6.54 Å². The van der Waals surface area contributed by atoms with Crippen LogP contribution in [0.4, 0.5) is 5.95 Å². The predicted molar refractivity (Wildman–Crippen MR) is 71.0 cm³/mol. The average molecular weight is 256 g/mol. The van der Waals surface area contributed by atoms with Crippen molar-refractivity contribution in [2.75, 3.05) is 5.73 Å². The van der Waals surface area contributed by atoms with Gasteiger partial charge in [-0.2, -0.15) is 9.97 Å². The molecule has 0 aliphatic heterocycles. The molecule has 2 N–H and O–H groups in total. The Morgan fingerprint density at radius 2 is 2.00 bits per heavy atom. The maximum atomic E-state index is 11.1. The van der Waals surface area contributed by atoms with Gasteiger partial charge >= 0.3 is 0 Å². The van der Waals surface area contributed by atoms with Crippen molar-refractivity contribution >= 4 is 17.1 Å². The van der Waals surface area contributed by atoms with Gasteiger partial charge in [-0.1, -0.05) is 0 Å². The number of nitrogen functional groups attached to an aromatic ring is 1. The van der Waals surface area contributed by atoms with E-state index in [0.717, 1.165) is 6.54 Å². The third-order valence-electron chi connectivity index (χ3n) is 2.85. The topological polar surface area (TPSA) is 91.6 Å². The molecule has 0 unspecified atom stereocenters. The van der Waals surface area contributed by atoms with Crippen LogP contribution in [0.3, 0.4) is 0 Å². The Bertz CT molecular complexity index is 783. The zero-order valence-corrected chi connectivity index (χ0v) is 10.3. The molecule has 0 saturated carbocycles. The van der Waals surface area contributed by atoms with Gasteiger partial charge in [0.25, 0.3) is 0 Å². The smallest absolute Gasteiger partial charge is 0.224 e. The van der Waals surface area contributed by atoms with Crippen molar-refractivity contribution in [3.63, 3.8) is 0 Å². The van der Waals surface area contributed by atoms with Gasteiger partial charge in [0.1, 0.15) is 0 Å². The molecule has 0 saturated heterocycles. The molecule has 3 heterocycles. The molecule has 0 amide bonds. The van der Waals surface area contributed by atoms with Gasteiger partial charge in [-0.05, 0) is 6.92 Å². The Labute approximate surface area is 108 Å². The molecule has 7 heteroatoms. The Morgan fingerprint density at radius 3 is 2.68 bits per heavy atom. The highest BCUT2D eigenvalue weighted by Crippen LogP contribution is 2.18. The number of hydrogen-bond acceptors (Lipinski definition) is 5. The average Bonchev–Trinajstić information content (AvgIpc) is 2.81. The van der Waals surface area contributed by atoms with E-state index in [0.29, 0.717) is 17.0 Å². The molecular formula is C12H12N6O. The molecule has 0 fully saturated rings. The van der Waals surface area contributed by atoms with E-state index < -0.39 is 0 Å². The van der Waals surface area contributed by atoms with Crippen LogP contribution in [-0.4, -0.2) is 24.1 Å². The van der Waals surface area contributed by atoms with Crippen molar-refractivity contribution in [1.82, 2.24) is 24.1 Å². The first-order valence-electron chi connectivity index (χ1n) is 5.86. The molecule has 3 aromatic rings. The Morgan fingerprint density at radius 1 is 1.26 bits per heavy atom. The highest BCUT2D eigenvalue weighted by Gasteiger charge is 2.12. The van der Waals surface area contributed by atoms with E-state index in [4.69, 9.17) is 5.73 Å². The van der Waals surface area contributed by atoms with Crippen LogP contribution in [0.25, 0.3) is 17.0 Å². The second-order valence-corrected chi connectivity index (χ2v) is 4.05. The summed E-state index contributed by atoms with van der Waals surface area (Å²) in [6.07, 6.45) is 4.97. The Hall–Kier alpha value is -2.70. The fourth-order valence-corrected chi connectivity index (χ4v) is 1.91. The van der Waals surface area contributed by atoms with Crippen LogP contribution >= 0.6 is 0 Å². The van der Waals surface area contributed by atoms with Gasteiger partial charge in [0.15, 0.2) is 22.4 Å². The number of hydrogen-bond donors (Lipinski definition) is 1. The van der Waals surface area contributed by atoms with E-state index in [2.05, 4.69) is 15.0 Å². The second kappa shape index (κ2) is 4.20. The zero-order chi connectivity index (χ0) is 13.4. The maximum absolute atomic E-state index is 11.1. The SMILES string of the molecule is CCn1cnc2c(-n3ccc(=O)cc3)nc(N)nc21. The largest absolute Gasteiger partial charge is 0.368 e. The number of nitrogens with two attached hydrogens (primary N) is 1. The number of nitrogens with zero attached hydrogens (tertiary/aromatic N) is 5. The lowest BCUT2D eigenvalue weighted by molar-refractivity contribution is 0.777. The standard InChI is InChI=1S/C12H12N6O/c1-2-17-7-14-9-10(17)15-12(13)16-11(9)18-5-3-8(19)4-6-18/h3-7H,2H2,1H3,(H2,13,15,16). The summed E-state index contributed by atoms with van der Waals surface area (Å²) >= 11 is 0. The molecule has 0 atom stereocenters. The van der Waals surface area contributed by atoms with Gasteiger partial charge < -0.3 is 14.9 Å². The second-order valence-electron chi connectivity index (χ2n) is 4.05. The molecule has 0 bridgehead atoms. The van der Waals surface area contributed by atoms with Crippen LogP contribution in [0.15, 0.2) is 35.6 Å². The summed E-state index contributed by atoms with van der Waals surface area (Å²) < 4.78 is 3.59. The number of anilines is 1. The van der Waals surface area contributed by atoms with E-state index in [1.165, 1.54) is 12.1 Å². The molecule has 0 radical (unpaired) electrons. The van der Waals surface area contributed by atoms with Crippen molar-refractivity contribution in [1.29, 1.82) is 0 Å². The van der Waals surface area contributed by atoms with Gasteiger partial charge in [0.05, 0.1) is 6.33 Å². The maximum Gasteiger partial charge on any atom is 0.224 e. The lowest BCUT2D eigenvalue weighted by Crippen LogP contribution is -2.07. The van der Waals surface area contributed by atoms with Gasteiger partial charge in [-0.3, -0.25) is 4.79 Å². The minimum absolute atomic E-state index is 0.0615. The third-order valence-corrected chi connectivity index (χ3v) is 2.85. The minimum Gasteiger partial charge on any atom is -0.368 e. The van der Waals surface area contributed by atoms with Crippen LogP contribution in [0.1, 0.15) is 6.92 Å². The molecule has 96 valence electrons. The highest BCUT2D eigenvalue weighted by atomic mass is 16.1. The van der Waals surface area contributed by atoms with Gasteiger partial charge in [0.2, 0.25) is 5.95 Å². The van der Waals surface area contributed by atoms with Crippen molar-refractivity contribution in [3.8, 4) is 5.82 Å². The molecule has 0 aliphatic rings. The molecule has 0 spiro atoms. The molecule has 0 aromatic carbocycles. The number of fused-ring (bicyclic) bond motifs is 1. The van der Waals surface area contributed by atoms with Crippen molar-refractivity contribution < 1.29 is 0 Å². The fraction of sp³-hybridized carbons (Fsp3) is 0.167. The summed E-state index contributed by atoms with van der Waals surface area (Å²) in [5, 5.41) is 0. The molecular weight excluding hydrogens is 244 g/mol. The summed E-state index contributed by atoms with van der Waals surface area (Å²) in [6.45, 7) is 2.75. The van der Waals surface area contributed by atoms with Crippen molar-refractivity contribution in [2.45, 2.75) is 13.5 Å². The zero-order valence-electron chi connectivity index (χ0n) is 10.3. The molecule has 0 aliphatic carbocycles. The third kappa shape index (κ3) is 1.85. The van der Waals surface area contributed by atoms with E-state index in [1.807, 2.05) is 11.5 Å². The van der Waals surface area contributed by atoms with Crippen molar-refractivity contribution in [3.05, 3.63) is 41.1 Å². The lowest BCUT2D eigenvalue weighted by atomic mass is 10.4. The molecule has 7 nitrogen and oxygen atoms in total. The van der Waals surface area contributed by atoms with E-state index in [1.54, 1.807) is 23.3 Å². The minimum atomic E-state index is -0.0615. The van der Waals surface area contributed by atoms with Crippen LogP contribution in [0, 0.1) is 0 Å². The number of rotatable bonds is 2. The van der Waals surface area contributed by atoms with Crippen LogP contribution in [0.5, 0.6) is 0 Å². The molecule has 3 aromatic heterocycles. The fourth-order valence-electron chi connectivity index (χ4n) is 1.91. The first kappa shape index (κ1) is 11.4. The number of pyridine rings is 1. The van der Waals surface area contributed by atoms with Gasteiger partial charge in [-0.15, -0.1) is 0 Å². The van der Waals surface area contributed by atoms with Crippen LogP contribution in [0.2, 0.25) is 0 Å². The summed E-state index contributed by atoms with van der Waals surface area (Å²) in [4.78, 5) is 23.9. The van der Waals surface area contributed by atoms with Crippen molar-refractivity contribution in [2.24, 2.45) is 0 Å². The van der Waals surface area contributed by atoms with E-state index in [9.17, 15) is 4.79 Å². The predicted octanol–water partition coefficient (Wildman–Crippen LogP) is 0.579. The Balaban J connectivity index is 2.31. The van der Waals surface area contributed by atoms with Gasteiger partial charge in [0, 0.05) is 31.1 Å². The summed E-state index contributed by atoms with van der Waals surface area (Å²) in [7, 11) is 0. The summed E-state index contributed by atoms with van der Waals surface area (Å²) in [6, 6.07) is 2.92. The number of aryl methyl sites for hydroxylation is 1. The Kier molecular flexibility index (Phi) is 2.52. The number of aromatic nitrogens is 5. The van der Waals surface area contributed by atoms with Crippen LogP contribution < -0.4 is 11.2 Å². The molecule has 3 rings (SSSR count). The van der Waals surface area contributed by atoms with E-state index in [-0.39, 0.29) is 11.4 Å². The normalized spacial score (nSPS) is 11.0. The highest BCUT2D eigenvalue weighted by molar-refractivity contribution is 5.79. The first-order chi connectivity index (χ1) is 9.19. The molecule has 19 heavy (non-hydrogen) atoms. The number of imidazole rings is 1. The summed E-state index contributed by atoms with van der Waals surface area (Å²) in [5.74, 6) is 0.742. The monoisotopic (exact) mass is 256 g/mol. The summed E-state index contributed by atoms with van der Waals surface area (Å²) in [5.41, 5.74) is 7.01. The van der Waals surface area contributed by atoms with E-state index >= 15 is 0 Å². The van der Waals surface area contributed by atoms with Gasteiger partial charge in [-0.25, -0.2) is 4.98 Å². The quantitative estimate of drug-likeness (QED) is 0.724. The first-order valence-corrected chi connectivity index (χ1v) is 5.86. The lowest BCUT2D eigenvalue weighted by Gasteiger charge is -2.06.